The Morgan fingerprint density at radius 2 is 0.692 bits per heavy atom. The first-order valence-electron chi connectivity index (χ1n) is 47.3. The number of aliphatic hydroxyl groups excluding tert-OH is 9. The van der Waals surface area contributed by atoms with Crippen molar-refractivity contribution in [3.8, 4) is 0 Å². The number of aliphatic hydroxyl groups is 9. The summed E-state index contributed by atoms with van der Waals surface area (Å²) in [5.41, 5.74) is 0. The van der Waals surface area contributed by atoms with Gasteiger partial charge in [0.1, 0.15) is 92.6 Å². The number of phosphoric ester groups is 1. The number of hydrogen-bond acceptors (Lipinski definition) is 24. The third-order valence-electron chi connectivity index (χ3n) is 23.4. The highest BCUT2D eigenvalue weighted by atomic mass is 31.2. The van der Waals surface area contributed by atoms with Crippen LogP contribution in [0.15, 0.2) is 12.2 Å². The lowest BCUT2D eigenvalue weighted by Gasteiger charge is -2.50. The molecular weight excluding hydrogens is 1520 g/mol. The number of allylic oxidation sites excluding steroid dienone is 2. The first-order valence-corrected chi connectivity index (χ1v) is 48.8. The van der Waals surface area contributed by atoms with Crippen LogP contribution in [-0.2, 0) is 70.7 Å². The fraction of sp³-hybridized carbons (Fsp3) is 0.934. The Kier molecular flexibility index (Phi) is 64.4. The zero-order valence-corrected chi connectivity index (χ0v) is 74.3. The predicted molar refractivity (Wildman–Crippen MR) is 453 cm³/mol. The minimum absolute atomic E-state index is 0.0161. The smallest absolute Gasteiger partial charge is 0.463 e. The minimum atomic E-state index is -5.81. The quantitative estimate of drug-likeness (QED) is 0.00889. The molecule has 2 heterocycles. The highest BCUT2D eigenvalue weighted by Gasteiger charge is 2.60. The van der Waals surface area contributed by atoms with Crippen molar-refractivity contribution < 1.29 is 122 Å². The van der Waals surface area contributed by atoms with Gasteiger partial charge in [-0.3, -0.25) is 28.2 Å². The molecule has 2 saturated heterocycles. The van der Waals surface area contributed by atoms with Crippen LogP contribution in [0.25, 0.3) is 0 Å². The summed E-state index contributed by atoms with van der Waals surface area (Å²) < 4.78 is 73.5. The van der Waals surface area contributed by atoms with E-state index in [9.17, 15) is 74.6 Å². The molecular formula is C91H169O25P. The zero-order valence-electron chi connectivity index (χ0n) is 73.4. The average molecular weight is 1690 g/mol. The van der Waals surface area contributed by atoms with Gasteiger partial charge in [-0.05, 0) is 57.3 Å². The van der Waals surface area contributed by atoms with E-state index in [0.717, 1.165) is 128 Å². The van der Waals surface area contributed by atoms with Gasteiger partial charge in [0.2, 0.25) is 0 Å². The fourth-order valence-electron chi connectivity index (χ4n) is 15.8. The average Bonchev–Trinajstić information content (AvgIpc) is 0.754. The molecule has 25 nitrogen and oxygen atoms in total. The van der Waals surface area contributed by atoms with E-state index in [2.05, 4.69) is 46.8 Å². The van der Waals surface area contributed by atoms with Crippen LogP contribution in [0.1, 0.15) is 407 Å². The Morgan fingerprint density at radius 3 is 1.11 bits per heavy atom. The van der Waals surface area contributed by atoms with Crippen molar-refractivity contribution in [3.63, 3.8) is 0 Å². The van der Waals surface area contributed by atoms with Crippen molar-refractivity contribution >= 4 is 31.7 Å². The maximum absolute atomic E-state index is 14.9. The number of esters is 4. The van der Waals surface area contributed by atoms with Gasteiger partial charge in [0.05, 0.1) is 13.2 Å². The molecule has 688 valence electrons. The molecule has 19 unspecified atom stereocenters. The molecule has 10 N–H and O–H groups in total. The van der Waals surface area contributed by atoms with Gasteiger partial charge in [-0.2, -0.15) is 0 Å². The van der Waals surface area contributed by atoms with E-state index in [1.165, 1.54) is 186 Å². The van der Waals surface area contributed by atoms with Crippen LogP contribution in [-0.4, -0.2) is 205 Å². The number of hydrogen-bond donors (Lipinski definition) is 10. The molecule has 0 aromatic carbocycles. The number of carbonyl (C=O) groups excluding carboxylic acids is 4. The first-order chi connectivity index (χ1) is 56.6. The van der Waals surface area contributed by atoms with Crippen LogP contribution in [0, 0.1) is 5.92 Å². The van der Waals surface area contributed by atoms with Crippen molar-refractivity contribution in [2.75, 3.05) is 26.4 Å². The second-order valence-electron chi connectivity index (χ2n) is 34.2. The van der Waals surface area contributed by atoms with Crippen molar-refractivity contribution in [3.05, 3.63) is 12.2 Å². The molecule has 26 heteroatoms. The van der Waals surface area contributed by atoms with E-state index in [0.29, 0.717) is 38.0 Å². The Hall–Kier alpha value is -2.79. The third-order valence-corrected chi connectivity index (χ3v) is 24.4. The summed E-state index contributed by atoms with van der Waals surface area (Å²) in [6, 6.07) is 0. The third kappa shape index (κ3) is 50.1. The summed E-state index contributed by atoms with van der Waals surface area (Å²) in [6.07, 6.45) is 26.4. The molecule has 3 rings (SSSR count). The second-order valence-corrected chi connectivity index (χ2v) is 35.6. The van der Waals surface area contributed by atoms with E-state index in [4.69, 9.17) is 46.9 Å². The van der Waals surface area contributed by atoms with Gasteiger partial charge in [-0.15, -0.1) is 0 Å². The Morgan fingerprint density at radius 1 is 0.359 bits per heavy atom. The summed E-state index contributed by atoms with van der Waals surface area (Å²) in [7, 11) is -5.81. The highest BCUT2D eigenvalue weighted by molar-refractivity contribution is 7.47. The molecule has 0 spiro atoms. The van der Waals surface area contributed by atoms with Crippen molar-refractivity contribution in [2.24, 2.45) is 5.92 Å². The van der Waals surface area contributed by atoms with Gasteiger partial charge < -0.3 is 88.7 Å². The van der Waals surface area contributed by atoms with E-state index in [-0.39, 0.29) is 25.7 Å². The zero-order chi connectivity index (χ0) is 85.5. The minimum Gasteiger partial charge on any atom is -0.463 e. The van der Waals surface area contributed by atoms with E-state index in [1.807, 2.05) is 0 Å². The van der Waals surface area contributed by atoms with Crippen LogP contribution in [0.4, 0.5) is 0 Å². The molecule has 2 aliphatic heterocycles. The number of ether oxygens (including phenoxy) is 8. The monoisotopic (exact) mass is 1690 g/mol. The maximum Gasteiger partial charge on any atom is 0.472 e. The Labute approximate surface area is 705 Å². The number of phosphoric acid groups is 1. The Balaban J connectivity index is 1.92. The Bertz CT molecular complexity index is 2500. The summed E-state index contributed by atoms with van der Waals surface area (Å²) in [5, 5.41) is 102. The lowest BCUT2D eigenvalue weighted by Crippen LogP contribution is -2.70. The van der Waals surface area contributed by atoms with Crippen molar-refractivity contribution in [2.45, 2.75) is 511 Å². The summed E-state index contributed by atoms with van der Waals surface area (Å²) in [4.78, 5) is 66.5. The van der Waals surface area contributed by atoms with E-state index in [1.54, 1.807) is 0 Å². The molecule has 1 aliphatic carbocycles. The molecule has 117 heavy (non-hydrogen) atoms. The molecule has 0 aromatic rings. The van der Waals surface area contributed by atoms with Crippen LogP contribution in [0.5, 0.6) is 0 Å². The molecule has 3 fully saturated rings. The van der Waals surface area contributed by atoms with Gasteiger partial charge in [0.15, 0.2) is 24.8 Å². The number of unbranched alkanes of at least 4 members (excludes halogenated alkanes) is 46. The van der Waals surface area contributed by atoms with Gasteiger partial charge in [-0.1, -0.05) is 342 Å². The second kappa shape index (κ2) is 69.5. The predicted octanol–water partition coefficient (Wildman–Crippen LogP) is 17.4. The van der Waals surface area contributed by atoms with E-state index < -0.39 is 162 Å². The van der Waals surface area contributed by atoms with Crippen molar-refractivity contribution in [1.82, 2.24) is 0 Å². The largest absolute Gasteiger partial charge is 0.472 e. The highest BCUT2D eigenvalue weighted by Crippen LogP contribution is 2.49. The van der Waals surface area contributed by atoms with Crippen molar-refractivity contribution in [1.29, 1.82) is 0 Å². The number of rotatable bonds is 76. The summed E-state index contributed by atoms with van der Waals surface area (Å²) >= 11 is 0. The normalized spacial score (nSPS) is 25.3. The summed E-state index contributed by atoms with van der Waals surface area (Å²) in [6.45, 7) is 7.89. The SMILES string of the molecule is CCCCCCCC/C=C\CCCCCC(=O)OCC(COP(=O)(O)OC1C(OC2OC(CO)C(O)C(O)C2O)C(O)C(O)C(OC(=O)CCCCCCCCC(C)CCCCCCCC)C1OC1OC(COC(=O)CCCCCCCCCCCCCCCCCC)C(O)C(O)C1O)OC(=O)CCCCCCCCCCCCCCC. The maximum atomic E-state index is 14.9. The lowest BCUT2D eigenvalue weighted by molar-refractivity contribution is -0.360. The molecule has 3 aliphatic rings. The molecule has 0 bridgehead atoms. The number of carbonyl (C=O) groups is 4. The fourth-order valence-corrected chi connectivity index (χ4v) is 16.8. The molecule has 0 amide bonds. The van der Waals surface area contributed by atoms with Gasteiger partial charge in [-0.25, -0.2) is 4.57 Å². The van der Waals surface area contributed by atoms with Gasteiger partial charge >= 0.3 is 31.7 Å². The molecule has 1 saturated carbocycles. The van der Waals surface area contributed by atoms with Gasteiger partial charge in [0.25, 0.3) is 0 Å². The van der Waals surface area contributed by atoms with Crippen LogP contribution < -0.4 is 0 Å². The topological polar surface area (TPSA) is 380 Å². The van der Waals surface area contributed by atoms with Crippen LogP contribution in [0.3, 0.4) is 0 Å². The van der Waals surface area contributed by atoms with E-state index >= 15 is 0 Å². The van der Waals surface area contributed by atoms with Gasteiger partial charge in [0, 0.05) is 25.7 Å². The molecule has 0 radical (unpaired) electrons. The standard InChI is InChI=1S/C91H169O25P/c1-6-10-14-18-22-25-28-31-32-33-36-38-41-44-51-57-63-75(94)108-69-73-79(98)81(100)85(104)91(112-73)115-88-86(113-77(96)65-59-53-47-46-49-55-61-70(5)60-54-48-21-17-13-9-4)82(101)83(102)87(114-90-84(103)80(99)78(97)72(66-92)111-90)89(88)116-117(105,106)109-68-71(110-76(95)64-58-52-45-42-39-35-30-27-24-20-16-12-8-3)67-107-74(93)62-56-50-43-40-37-34-29-26-23-19-15-11-7-2/h34,37,70-73,78-92,97-104H,6-33,35-36,38-69H2,1-5H3,(H,105,106)/b37-34-. The first kappa shape index (κ1) is 108. The van der Waals surface area contributed by atoms with Crippen LogP contribution in [0.2, 0.25) is 0 Å². The summed E-state index contributed by atoms with van der Waals surface area (Å²) in [5.74, 6) is -2.35. The lowest BCUT2D eigenvalue weighted by atomic mass is 9.84. The molecule has 0 aromatic heterocycles. The van der Waals surface area contributed by atoms with Crippen LogP contribution >= 0.6 is 7.82 Å². The molecule has 19 atom stereocenters.